The van der Waals surface area contributed by atoms with E-state index in [9.17, 15) is 4.79 Å². The Morgan fingerprint density at radius 3 is 2.74 bits per heavy atom. The van der Waals surface area contributed by atoms with Crippen LogP contribution < -0.4 is 4.74 Å². The minimum atomic E-state index is -0.882. The second kappa shape index (κ2) is 7.13. The van der Waals surface area contributed by atoms with Crippen molar-refractivity contribution in [3.8, 4) is 16.9 Å². The van der Waals surface area contributed by atoms with Crippen LogP contribution in [0.2, 0.25) is 5.02 Å². The van der Waals surface area contributed by atoms with Crippen LogP contribution >= 0.6 is 23.4 Å². The number of hydrogen-bond donors (Lipinski definition) is 2. The third-order valence-electron chi connectivity index (χ3n) is 4.24. The van der Waals surface area contributed by atoms with Gasteiger partial charge in [-0.05, 0) is 46.7 Å². The number of imidazole rings is 1. The predicted molar refractivity (Wildman–Crippen MR) is 109 cm³/mol. The Bertz CT molecular complexity index is 1170. The summed E-state index contributed by atoms with van der Waals surface area (Å²) in [5.74, 6) is -0.112. The van der Waals surface area contributed by atoms with Gasteiger partial charge < -0.3 is 14.8 Å². The number of nitrogens with one attached hydrogen (secondary N) is 1. The molecule has 0 aliphatic rings. The van der Waals surface area contributed by atoms with Gasteiger partial charge in [-0.1, -0.05) is 41.6 Å². The van der Waals surface area contributed by atoms with Gasteiger partial charge in [-0.3, -0.25) is 4.79 Å². The number of aromatic nitrogens is 2. The van der Waals surface area contributed by atoms with Gasteiger partial charge in [0, 0.05) is 5.56 Å². The number of thioether (sulfide) groups is 1. The number of hydrogen-bond acceptors (Lipinski definition) is 4. The minimum absolute atomic E-state index is 0.0471. The number of halogens is 1. The molecule has 0 spiro atoms. The zero-order valence-corrected chi connectivity index (χ0v) is 15.9. The summed E-state index contributed by atoms with van der Waals surface area (Å²) >= 11 is 7.65. The Kier molecular flexibility index (Phi) is 4.68. The molecule has 3 aromatic carbocycles. The van der Waals surface area contributed by atoms with Crippen molar-refractivity contribution < 1.29 is 14.6 Å². The van der Waals surface area contributed by atoms with E-state index in [0.29, 0.717) is 10.2 Å². The van der Waals surface area contributed by atoms with Crippen LogP contribution in [0, 0.1) is 0 Å². The SMILES string of the molecule is COc1ccc2cc(-c3cc4nc(SCC(=O)O)[nH]c4cc3Cl)ccc2c1. The van der Waals surface area contributed by atoms with Gasteiger partial charge in [-0.25, -0.2) is 4.98 Å². The van der Waals surface area contributed by atoms with Crippen molar-refractivity contribution in [2.75, 3.05) is 12.9 Å². The molecule has 0 aliphatic carbocycles. The number of ether oxygens (including phenoxy) is 1. The molecule has 27 heavy (non-hydrogen) atoms. The maximum atomic E-state index is 10.7. The number of H-pyrrole nitrogens is 1. The lowest BCUT2D eigenvalue weighted by molar-refractivity contribution is -0.133. The third-order valence-corrected chi connectivity index (χ3v) is 5.41. The van der Waals surface area contributed by atoms with E-state index in [2.05, 4.69) is 16.0 Å². The summed E-state index contributed by atoms with van der Waals surface area (Å²) < 4.78 is 5.27. The van der Waals surface area contributed by atoms with Crippen molar-refractivity contribution in [3.63, 3.8) is 0 Å². The van der Waals surface area contributed by atoms with E-state index < -0.39 is 5.97 Å². The average Bonchev–Trinajstić information content (AvgIpc) is 3.06. The Hall–Kier alpha value is -2.70. The van der Waals surface area contributed by atoms with Crippen molar-refractivity contribution in [2.45, 2.75) is 5.16 Å². The number of aromatic amines is 1. The zero-order valence-electron chi connectivity index (χ0n) is 14.3. The van der Waals surface area contributed by atoms with Crippen LogP contribution in [0.15, 0.2) is 53.7 Å². The minimum Gasteiger partial charge on any atom is -0.497 e. The number of benzene rings is 3. The topological polar surface area (TPSA) is 75.2 Å². The lowest BCUT2D eigenvalue weighted by Gasteiger charge is -2.08. The largest absolute Gasteiger partial charge is 0.497 e. The summed E-state index contributed by atoms with van der Waals surface area (Å²) in [7, 11) is 1.65. The Morgan fingerprint density at radius 2 is 1.96 bits per heavy atom. The lowest BCUT2D eigenvalue weighted by atomic mass is 10.0. The van der Waals surface area contributed by atoms with Crippen molar-refractivity contribution in [1.82, 2.24) is 9.97 Å². The Labute approximate surface area is 164 Å². The number of methoxy groups -OCH3 is 1. The highest BCUT2D eigenvalue weighted by molar-refractivity contribution is 7.99. The first kappa shape index (κ1) is 17.7. The maximum absolute atomic E-state index is 10.7. The first-order valence-electron chi connectivity index (χ1n) is 8.15. The molecule has 5 nitrogen and oxygen atoms in total. The molecule has 0 fully saturated rings. The molecule has 0 radical (unpaired) electrons. The summed E-state index contributed by atoms with van der Waals surface area (Å²) in [5, 5.41) is 12.2. The van der Waals surface area contributed by atoms with Gasteiger partial charge in [0.25, 0.3) is 0 Å². The number of aliphatic carboxylic acids is 1. The number of rotatable bonds is 5. The summed E-state index contributed by atoms with van der Waals surface area (Å²) in [6, 6.07) is 15.8. The molecule has 0 amide bonds. The van der Waals surface area contributed by atoms with Gasteiger partial charge in [0.1, 0.15) is 5.75 Å². The molecule has 4 aromatic rings. The normalized spacial score (nSPS) is 11.2. The molecule has 0 saturated carbocycles. The van der Waals surface area contributed by atoms with Gasteiger partial charge >= 0.3 is 5.97 Å². The lowest BCUT2D eigenvalue weighted by Crippen LogP contribution is -1.97. The van der Waals surface area contributed by atoms with Gasteiger partial charge in [-0.15, -0.1) is 0 Å². The molecule has 1 aromatic heterocycles. The van der Waals surface area contributed by atoms with Gasteiger partial charge in [0.2, 0.25) is 0 Å². The highest BCUT2D eigenvalue weighted by Gasteiger charge is 2.11. The van der Waals surface area contributed by atoms with Crippen molar-refractivity contribution >= 4 is 51.1 Å². The zero-order chi connectivity index (χ0) is 19.0. The molecule has 1 heterocycles. The van der Waals surface area contributed by atoms with Gasteiger partial charge in [-0.2, -0.15) is 0 Å². The van der Waals surface area contributed by atoms with Crippen LogP contribution in [0.3, 0.4) is 0 Å². The molecular formula is C20H15ClN2O3S. The quantitative estimate of drug-likeness (QED) is 0.450. The summed E-state index contributed by atoms with van der Waals surface area (Å²) in [6.07, 6.45) is 0. The van der Waals surface area contributed by atoms with E-state index in [4.69, 9.17) is 21.4 Å². The number of carboxylic acids is 1. The second-order valence-electron chi connectivity index (χ2n) is 6.00. The molecule has 2 N–H and O–H groups in total. The fraction of sp³-hybridized carbons (Fsp3) is 0.100. The number of nitrogens with zero attached hydrogens (tertiary/aromatic N) is 1. The van der Waals surface area contributed by atoms with Crippen molar-refractivity contribution in [3.05, 3.63) is 53.6 Å². The van der Waals surface area contributed by atoms with E-state index in [1.165, 1.54) is 0 Å². The Balaban J connectivity index is 1.75. The van der Waals surface area contributed by atoms with E-state index in [0.717, 1.165) is 50.4 Å². The summed E-state index contributed by atoms with van der Waals surface area (Å²) in [4.78, 5) is 18.3. The smallest absolute Gasteiger partial charge is 0.313 e. The van der Waals surface area contributed by atoms with E-state index in [1.807, 2.05) is 42.5 Å². The predicted octanol–water partition coefficient (Wildman–Crippen LogP) is 5.22. The van der Waals surface area contributed by atoms with E-state index in [1.54, 1.807) is 7.11 Å². The van der Waals surface area contributed by atoms with Crippen LogP contribution in [-0.2, 0) is 4.79 Å². The maximum Gasteiger partial charge on any atom is 0.313 e. The van der Waals surface area contributed by atoms with Crippen LogP contribution in [0.4, 0.5) is 0 Å². The van der Waals surface area contributed by atoms with Gasteiger partial charge in [0.05, 0.1) is 28.9 Å². The monoisotopic (exact) mass is 398 g/mol. The fourth-order valence-corrected chi connectivity index (χ4v) is 3.82. The molecule has 0 bridgehead atoms. The average molecular weight is 399 g/mol. The number of carbonyl (C=O) groups is 1. The van der Waals surface area contributed by atoms with Crippen molar-refractivity contribution in [1.29, 1.82) is 0 Å². The molecular weight excluding hydrogens is 384 g/mol. The molecule has 136 valence electrons. The Morgan fingerprint density at radius 1 is 1.19 bits per heavy atom. The highest BCUT2D eigenvalue weighted by Crippen LogP contribution is 2.34. The van der Waals surface area contributed by atoms with Crippen LogP contribution in [-0.4, -0.2) is 33.9 Å². The molecule has 0 saturated heterocycles. The van der Waals surface area contributed by atoms with E-state index >= 15 is 0 Å². The number of carboxylic acid groups (broad SMARTS) is 1. The summed E-state index contributed by atoms with van der Waals surface area (Å²) in [6.45, 7) is 0. The highest BCUT2D eigenvalue weighted by atomic mass is 35.5. The molecule has 0 aliphatic heterocycles. The third kappa shape index (κ3) is 3.59. The molecule has 0 unspecified atom stereocenters. The number of fused-ring (bicyclic) bond motifs is 2. The first-order chi connectivity index (χ1) is 13.0. The molecule has 0 atom stereocenters. The second-order valence-corrected chi connectivity index (χ2v) is 7.37. The fourth-order valence-electron chi connectivity index (χ4n) is 2.95. The molecule has 4 rings (SSSR count). The van der Waals surface area contributed by atoms with Gasteiger partial charge in [0.15, 0.2) is 5.16 Å². The van der Waals surface area contributed by atoms with Crippen LogP contribution in [0.1, 0.15) is 0 Å². The van der Waals surface area contributed by atoms with Crippen LogP contribution in [0.5, 0.6) is 5.75 Å². The van der Waals surface area contributed by atoms with E-state index in [-0.39, 0.29) is 5.75 Å². The standard InChI is InChI=1S/C20H15ClN2O3S/c1-26-14-5-4-11-6-13(3-2-12(11)7-14)15-8-17-18(9-16(15)21)23-20(22-17)27-10-19(24)25/h2-9H,10H2,1H3,(H,22,23)(H,24,25). The van der Waals surface area contributed by atoms with Crippen LogP contribution in [0.25, 0.3) is 32.9 Å². The first-order valence-corrected chi connectivity index (χ1v) is 9.52. The molecule has 7 heteroatoms. The van der Waals surface area contributed by atoms with Crippen molar-refractivity contribution in [2.24, 2.45) is 0 Å². The summed E-state index contributed by atoms with van der Waals surface area (Å²) in [5.41, 5.74) is 3.39.